The highest BCUT2D eigenvalue weighted by Gasteiger charge is 2.12. The van der Waals surface area contributed by atoms with Gasteiger partial charge in [0, 0.05) is 26.2 Å². The summed E-state index contributed by atoms with van der Waals surface area (Å²) in [5.74, 6) is -0.415. The van der Waals surface area contributed by atoms with Gasteiger partial charge in [0.25, 0.3) is 5.91 Å². The Morgan fingerprint density at radius 2 is 1.91 bits per heavy atom. The predicted molar refractivity (Wildman–Crippen MR) is 99.7 cm³/mol. The van der Waals surface area contributed by atoms with Crippen LogP contribution in [0.15, 0.2) is 60.3 Å². The first kappa shape index (κ1) is 15.3. The number of fused-ring (bicyclic) bond motifs is 1. The Morgan fingerprint density at radius 1 is 1.17 bits per heavy atom. The Labute approximate surface area is 147 Å². The number of aromatic amines is 1. The maximum Gasteiger partial charge on any atom is 0.266 e. The fourth-order valence-electron chi connectivity index (χ4n) is 2.27. The molecule has 3 rings (SSSR count). The van der Waals surface area contributed by atoms with Crippen LogP contribution in [0, 0.1) is 14.9 Å². The number of para-hydroxylation sites is 2. The van der Waals surface area contributed by atoms with Crippen LogP contribution in [-0.4, -0.2) is 10.9 Å². The number of amides is 1. The van der Waals surface area contributed by atoms with Gasteiger partial charge in [-0.3, -0.25) is 4.79 Å². The Morgan fingerprint density at radius 3 is 2.70 bits per heavy atom. The van der Waals surface area contributed by atoms with Crippen molar-refractivity contribution in [3.05, 3.63) is 69.4 Å². The predicted octanol–water partition coefficient (Wildman–Crippen LogP) is 4.32. The van der Waals surface area contributed by atoms with E-state index >= 15 is 0 Å². The third-order valence-corrected chi connectivity index (χ3v) is 4.35. The summed E-state index contributed by atoms with van der Waals surface area (Å²) in [5.41, 5.74) is 2.54. The van der Waals surface area contributed by atoms with Gasteiger partial charge in [-0.05, 0) is 46.9 Å². The first-order valence-corrected chi connectivity index (χ1v) is 8.00. The Hall–Kier alpha value is -2.59. The van der Waals surface area contributed by atoms with Gasteiger partial charge < -0.3 is 10.3 Å². The summed E-state index contributed by atoms with van der Waals surface area (Å²) in [7, 11) is 0. The molecular weight excluding hydrogens is 401 g/mol. The number of anilines is 1. The molecule has 0 aliphatic heterocycles. The fraction of sp³-hybridized carbons (Fsp3) is 0. The van der Waals surface area contributed by atoms with Gasteiger partial charge in [0.05, 0.1) is 5.69 Å². The summed E-state index contributed by atoms with van der Waals surface area (Å²) in [5, 5.41) is 13.1. The maximum absolute atomic E-state index is 12.3. The molecule has 1 amide bonds. The summed E-state index contributed by atoms with van der Waals surface area (Å²) in [6.07, 6.45) is 3.39. The molecule has 1 heterocycles. The minimum Gasteiger partial charge on any atom is -0.361 e. The SMILES string of the molecule is N#C/C(=C/c1c[nH]c2ccccc12)C(=O)Nc1ccccc1I. The largest absolute Gasteiger partial charge is 0.361 e. The molecule has 0 unspecified atom stereocenters. The second kappa shape index (κ2) is 6.67. The molecule has 0 aliphatic rings. The van der Waals surface area contributed by atoms with Crippen molar-refractivity contribution < 1.29 is 4.79 Å². The van der Waals surface area contributed by atoms with E-state index in [0.717, 1.165) is 20.0 Å². The molecule has 0 bridgehead atoms. The van der Waals surface area contributed by atoms with Gasteiger partial charge in [0.1, 0.15) is 11.6 Å². The molecule has 0 fully saturated rings. The molecule has 0 atom stereocenters. The van der Waals surface area contributed by atoms with Crippen LogP contribution in [0.25, 0.3) is 17.0 Å². The topological polar surface area (TPSA) is 68.7 Å². The van der Waals surface area contributed by atoms with Crippen LogP contribution in [0.2, 0.25) is 0 Å². The maximum atomic E-state index is 12.3. The van der Waals surface area contributed by atoms with Crippen molar-refractivity contribution >= 4 is 51.2 Å². The van der Waals surface area contributed by atoms with Crippen LogP contribution < -0.4 is 5.32 Å². The molecule has 112 valence electrons. The number of rotatable bonds is 3. The van der Waals surface area contributed by atoms with E-state index in [2.05, 4.69) is 32.9 Å². The minimum absolute atomic E-state index is 0.0643. The van der Waals surface area contributed by atoms with Gasteiger partial charge >= 0.3 is 0 Å². The summed E-state index contributed by atoms with van der Waals surface area (Å²) >= 11 is 2.14. The van der Waals surface area contributed by atoms with E-state index < -0.39 is 5.91 Å². The molecule has 3 aromatic rings. The lowest BCUT2D eigenvalue weighted by Gasteiger charge is -2.06. The number of carbonyl (C=O) groups is 1. The number of nitriles is 1. The van der Waals surface area contributed by atoms with Gasteiger partial charge in [-0.2, -0.15) is 5.26 Å². The van der Waals surface area contributed by atoms with Crippen LogP contribution in [0.5, 0.6) is 0 Å². The summed E-state index contributed by atoms with van der Waals surface area (Å²) < 4.78 is 0.919. The standard InChI is InChI=1S/C18H12IN3O/c19-15-6-2-4-8-17(15)22-18(23)12(10-20)9-13-11-21-16-7-3-1-5-14(13)16/h1-9,11,21H,(H,22,23)/b12-9-. The average molecular weight is 413 g/mol. The minimum atomic E-state index is -0.415. The zero-order chi connectivity index (χ0) is 16.2. The van der Waals surface area contributed by atoms with E-state index in [1.807, 2.05) is 48.5 Å². The summed E-state index contributed by atoms with van der Waals surface area (Å²) in [6, 6.07) is 17.2. The van der Waals surface area contributed by atoms with E-state index in [4.69, 9.17) is 0 Å². The van der Waals surface area contributed by atoms with Crippen molar-refractivity contribution in [2.24, 2.45) is 0 Å². The van der Waals surface area contributed by atoms with Crippen LogP contribution in [0.1, 0.15) is 5.56 Å². The number of halogens is 1. The molecule has 23 heavy (non-hydrogen) atoms. The van der Waals surface area contributed by atoms with Crippen LogP contribution in [0.4, 0.5) is 5.69 Å². The smallest absolute Gasteiger partial charge is 0.266 e. The van der Waals surface area contributed by atoms with E-state index in [1.54, 1.807) is 18.3 Å². The molecular formula is C18H12IN3O. The number of nitrogens with zero attached hydrogens (tertiary/aromatic N) is 1. The number of hydrogen-bond acceptors (Lipinski definition) is 2. The Bertz CT molecular complexity index is 950. The zero-order valence-corrected chi connectivity index (χ0v) is 14.2. The van der Waals surface area contributed by atoms with Gasteiger partial charge in [0.15, 0.2) is 0 Å². The van der Waals surface area contributed by atoms with Crippen molar-refractivity contribution in [1.82, 2.24) is 4.98 Å². The van der Waals surface area contributed by atoms with Crippen molar-refractivity contribution in [2.75, 3.05) is 5.32 Å². The lowest BCUT2D eigenvalue weighted by atomic mass is 10.1. The first-order chi connectivity index (χ1) is 11.2. The fourth-order valence-corrected chi connectivity index (χ4v) is 2.79. The Balaban J connectivity index is 1.92. The highest BCUT2D eigenvalue weighted by Crippen LogP contribution is 2.21. The van der Waals surface area contributed by atoms with Crippen molar-refractivity contribution in [1.29, 1.82) is 5.26 Å². The lowest BCUT2D eigenvalue weighted by Crippen LogP contribution is -2.14. The molecule has 0 saturated heterocycles. The second-order valence-electron chi connectivity index (χ2n) is 4.89. The van der Waals surface area contributed by atoms with Gasteiger partial charge in [-0.25, -0.2) is 0 Å². The van der Waals surface area contributed by atoms with Gasteiger partial charge in [0.2, 0.25) is 0 Å². The molecule has 0 spiro atoms. The van der Waals surface area contributed by atoms with E-state index in [0.29, 0.717) is 5.69 Å². The number of nitrogens with one attached hydrogen (secondary N) is 2. The summed E-state index contributed by atoms with van der Waals surface area (Å²) in [6.45, 7) is 0. The average Bonchev–Trinajstić information content (AvgIpc) is 2.97. The number of H-pyrrole nitrogens is 1. The van der Waals surface area contributed by atoms with E-state index in [1.165, 1.54) is 0 Å². The van der Waals surface area contributed by atoms with Gasteiger partial charge in [-0.1, -0.05) is 30.3 Å². The molecule has 0 aliphatic carbocycles. The Kier molecular flexibility index (Phi) is 4.44. The lowest BCUT2D eigenvalue weighted by molar-refractivity contribution is -0.112. The number of aromatic nitrogens is 1. The van der Waals surface area contributed by atoms with E-state index in [9.17, 15) is 10.1 Å². The van der Waals surface area contributed by atoms with Crippen LogP contribution in [-0.2, 0) is 4.79 Å². The molecule has 1 aromatic heterocycles. The molecule has 2 N–H and O–H groups in total. The molecule has 2 aromatic carbocycles. The highest BCUT2D eigenvalue weighted by atomic mass is 127. The van der Waals surface area contributed by atoms with Crippen molar-refractivity contribution in [2.45, 2.75) is 0 Å². The monoisotopic (exact) mass is 413 g/mol. The second-order valence-corrected chi connectivity index (χ2v) is 6.06. The summed E-state index contributed by atoms with van der Waals surface area (Å²) in [4.78, 5) is 15.5. The van der Waals surface area contributed by atoms with Crippen LogP contribution >= 0.6 is 22.6 Å². The quantitative estimate of drug-likeness (QED) is 0.382. The number of benzene rings is 2. The zero-order valence-electron chi connectivity index (χ0n) is 12.0. The normalized spacial score (nSPS) is 11.2. The molecule has 5 heteroatoms. The van der Waals surface area contributed by atoms with Crippen LogP contribution in [0.3, 0.4) is 0 Å². The van der Waals surface area contributed by atoms with Crippen molar-refractivity contribution in [3.8, 4) is 6.07 Å². The number of carbonyl (C=O) groups excluding carboxylic acids is 1. The van der Waals surface area contributed by atoms with Crippen molar-refractivity contribution in [3.63, 3.8) is 0 Å². The first-order valence-electron chi connectivity index (χ1n) is 6.93. The van der Waals surface area contributed by atoms with E-state index in [-0.39, 0.29) is 5.57 Å². The van der Waals surface area contributed by atoms with Gasteiger partial charge in [-0.15, -0.1) is 0 Å². The number of hydrogen-bond donors (Lipinski definition) is 2. The molecule has 4 nitrogen and oxygen atoms in total. The molecule has 0 radical (unpaired) electrons. The third-order valence-electron chi connectivity index (χ3n) is 3.41. The highest BCUT2D eigenvalue weighted by molar-refractivity contribution is 14.1. The third kappa shape index (κ3) is 3.27. The molecule has 0 saturated carbocycles.